The van der Waals surface area contributed by atoms with Crippen LogP contribution in [0.2, 0.25) is 0 Å². The van der Waals surface area contributed by atoms with Crippen molar-refractivity contribution < 1.29 is 9.18 Å². The Kier molecular flexibility index (Phi) is 6.55. The zero-order chi connectivity index (χ0) is 22.7. The second-order valence-electron chi connectivity index (χ2n) is 7.60. The molecule has 0 saturated carbocycles. The van der Waals surface area contributed by atoms with E-state index >= 15 is 0 Å². The Morgan fingerprint density at radius 3 is 2.44 bits per heavy atom. The van der Waals surface area contributed by atoms with E-state index in [9.17, 15) is 14.0 Å². The molecule has 1 aromatic heterocycles. The molecule has 166 valence electrons. The molecule has 32 heavy (non-hydrogen) atoms. The van der Waals surface area contributed by atoms with Crippen LogP contribution in [-0.2, 0) is 11.3 Å². The van der Waals surface area contributed by atoms with Gasteiger partial charge in [-0.2, -0.15) is 0 Å². The van der Waals surface area contributed by atoms with Crippen LogP contribution in [0.5, 0.6) is 0 Å². The van der Waals surface area contributed by atoms with Crippen molar-refractivity contribution in [1.29, 1.82) is 0 Å². The molecule has 2 heterocycles. The van der Waals surface area contributed by atoms with Crippen LogP contribution in [-0.4, -0.2) is 41.6 Å². The summed E-state index contributed by atoms with van der Waals surface area (Å²) >= 11 is 3.19. The van der Waals surface area contributed by atoms with Crippen molar-refractivity contribution in [2.75, 3.05) is 41.3 Å². The highest BCUT2D eigenvalue weighted by atomic mass is 79.9. The number of aryl methyl sites for hydroxylation is 1. The van der Waals surface area contributed by atoms with Gasteiger partial charge in [-0.3, -0.25) is 14.2 Å². The molecule has 4 rings (SSSR count). The standard InChI is InChI=1S/C23H23BrFN5O2/c1-16-13-22(32)30(15-21(31)27-20-8-7-17(24)14-19(20)25)23(26-16)29-11-9-28(10-12-29)18-5-3-2-4-6-18/h2-8,13-14H,9-12,15H2,1H3,(H,27,31). The minimum absolute atomic E-state index is 0.0596. The second-order valence-corrected chi connectivity index (χ2v) is 8.52. The summed E-state index contributed by atoms with van der Waals surface area (Å²) in [6, 6.07) is 15.9. The molecule has 1 saturated heterocycles. The largest absolute Gasteiger partial charge is 0.368 e. The van der Waals surface area contributed by atoms with Gasteiger partial charge in [0.25, 0.3) is 5.56 Å². The summed E-state index contributed by atoms with van der Waals surface area (Å²) in [4.78, 5) is 34.2. The van der Waals surface area contributed by atoms with Crippen LogP contribution in [0.4, 0.5) is 21.7 Å². The fourth-order valence-corrected chi connectivity index (χ4v) is 4.06. The molecule has 1 amide bonds. The second kappa shape index (κ2) is 9.52. The van der Waals surface area contributed by atoms with E-state index in [1.54, 1.807) is 13.0 Å². The fourth-order valence-electron chi connectivity index (χ4n) is 3.72. The van der Waals surface area contributed by atoms with Gasteiger partial charge in [0.1, 0.15) is 12.4 Å². The fraction of sp³-hybridized carbons (Fsp3) is 0.261. The van der Waals surface area contributed by atoms with Gasteiger partial charge in [0.05, 0.1) is 5.69 Å². The summed E-state index contributed by atoms with van der Waals surface area (Å²) in [5.41, 5.74) is 1.48. The molecule has 3 aromatic rings. The first-order valence-electron chi connectivity index (χ1n) is 10.3. The summed E-state index contributed by atoms with van der Waals surface area (Å²) in [7, 11) is 0. The van der Waals surface area contributed by atoms with Crippen molar-refractivity contribution in [3.05, 3.63) is 80.9 Å². The van der Waals surface area contributed by atoms with E-state index < -0.39 is 11.7 Å². The average Bonchev–Trinajstić information content (AvgIpc) is 2.78. The highest BCUT2D eigenvalue weighted by Gasteiger charge is 2.22. The van der Waals surface area contributed by atoms with Crippen LogP contribution in [0.3, 0.4) is 0 Å². The van der Waals surface area contributed by atoms with Crippen LogP contribution < -0.4 is 20.7 Å². The number of hydrogen-bond acceptors (Lipinski definition) is 5. The van der Waals surface area contributed by atoms with Crippen LogP contribution in [0.15, 0.2) is 63.9 Å². The predicted molar refractivity (Wildman–Crippen MR) is 127 cm³/mol. The van der Waals surface area contributed by atoms with Gasteiger partial charge in [0.15, 0.2) is 0 Å². The predicted octanol–water partition coefficient (Wildman–Crippen LogP) is 3.42. The molecule has 1 aliphatic rings. The summed E-state index contributed by atoms with van der Waals surface area (Å²) in [6.07, 6.45) is 0. The van der Waals surface area contributed by atoms with E-state index in [4.69, 9.17) is 0 Å². The maximum atomic E-state index is 14.1. The molecule has 1 aliphatic heterocycles. The molecular weight excluding hydrogens is 477 g/mol. The van der Waals surface area contributed by atoms with Gasteiger partial charge in [0, 0.05) is 48.1 Å². The lowest BCUT2D eigenvalue weighted by Gasteiger charge is -2.37. The van der Waals surface area contributed by atoms with Gasteiger partial charge in [0.2, 0.25) is 11.9 Å². The smallest absolute Gasteiger partial charge is 0.255 e. The number of benzene rings is 2. The number of nitrogens with zero attached hydrogens (tertiary/aromatic N) is 4. The molecular formula is C23H23BrFN5O2. The Morgan fingerprint density at radius 2 is 1.75 bits per heavy atom. The molecule has 1 fully saturated rings. The molecule has 0 radical (unpaired) electrons. The molecule has 0 spiro atoms. The SMILES string of the molecule is Cc1cc(=O)n(CC(=O)Nc2ccc(Br)cc2F)c(N2CCN(c3ccccc3)CC2)n1. The van der Waals surface area contributed by atoms with E-state index in [0.717, 1.165) is 18.8 Å². The van der Waals surface area contributed by atoms with Crippen LogP contribution >= 0.6 is 15.9 Å². The van der Waals surface area contributed by atoms with Gasteiger partial charge < -0.3 is 15.1 Å². The van der Waals surface area contributed by atoms with Gasteiger partial charge in [-0.1, -0.05) is 34.1 Å². The van der Waals surface area contributed by atoms with E-state index in [1.165, 1.54) is 22.8 Å². The van der Waals surface area contributed by atoms with E-state index in [2.05, 4.69) is 43.3 Å². The highest BCUT2D eigenvalue weighted by molar-refractivity contribution is 9.10. The lowest BCUT2D eigenvalue weighted by Crippen LogP contribution is -2.48. The monoisotopic (exact) mass is 499 g/mol. The number of hydrogen-bond donors (Lipinski definition) is 1. The summed E-state index contributed by atoms with van der Waals surface area (Å²) in [6.45, 7) is 4.36. The van der Waals surface area contributed by atoms with Crippen molar-refractivity contribution in [3.8, 4) is 0 Å². The van der Waals surface area contributed by atoms with E-state index in [-0.39, 0.29) is 17.8 Å². The van der Waals surface area contributed by atoms with Crippen LogP contribution in [0, 0.1) is 12.7 Å². The normalized spacial score (nSPS) is 13.8. The highest BCUT2D eigenvalue weighted by Crippen LogP contribution is 2.21. The van der Waals surface area contributed by atoms with Gasteiger partial charge in [-0.25, -0.2) is 9.37 Å². The van der Waals surface area contributed by atoms with Gasteiger partial charge >= 0.3 is 0 Å². The van der Waals surface area contributed by atoms with E-state index in [1.807, 2.05) is 23.1 Å². The molecule has 9 heteroatoms. The number of para-hydroxylation sites is 1. The molecule has 1 N–H and O–H groups in total. The number of nitrogens with one attached hydrogen (secondary N) is 1. The number of piperazine rings is 1. The first-order chi connectivity index (χ1) is 15.4. The molecule has 7 nitrogen and oxygen atoms in total. The average molecular weight is 500 g/mol. The Bertz CT molecular complexity index is 1180. The Labute approximate surface area is 193 Å². The Hall–Kier alpha value is -3.20. The first-order valence-corrected chi connectivity index (χ1v) is 11.1. The minimum atomic E-state index is -0.556. The molecule has 0 aliphatic carbocycles. The van der Waals surface area contributed by atoms with Crippen molar-refractivity contribution in [2.45, 2.75) is 13.5 Å². The number of amides is 1. The van der Waals surface area contributed by atoms with Crippen LogP contribution in [0.25, 0.3) is 0 Å². The molecule has 0 unspecified atom stereocenters. The molecule has 0 bridgehead atoms. The van der Waals surface area contributed by atoms with Crippen molar-refractivity contribution in [3.63, 3.8) is 0 Å². The Balaban J connectivity index is 1.51. The minimum Gasteiger partial charge on any atom is -0.368 e. The molecule has 0 atom stereocenters. The lowest BCUT2D eigenvalue weighted by atomic mass is 10.2. The zero-order valence-corrected chi connectivity index (χ0v) is 19.2. The topological polar surface area (TPSA) is 70.5 Å². The third kappa shape index (κ3) is 4.99. The maximum absolute atomic E-state index is 14.1. The van der Waals surface area contributed by atoms with Crippen molar-refractivity contribution in [1.82, 2.24) is 9.55 Å². The first kappa shape index (κ1) is 22.0. The summed E-state index contributed by atoms with van der Waals surface area (Å²) in [5.74, 6) is -0.600. The maximum Gasteiger partial charge on any atom is 0.255 e. The number of carbonyl (C=O) groups excluding carboxylic acids is 1. The van der Waals surface area contributed by atoms with Crippen molar-refractivity contribution in [2.24, 2.45) is 0 Å². The number of aromatic nitrogens is 2. The quantitative estimate of drug-likeness (QED) is 0.582. The number of anilines is 3. The third-order valence-electron chi connectivity index (χ3n) is 5.31. The van der Waals surface area contributed by atoms with Crippen LogP contribution in [0.1, 0.15) is 5.69 Å². The Morgan fingerprint density at radius 1 is 1.06 bits per heavy atom. The van der Waals surface area contributed by atoms with Crippen molar-refractivity contribution >= 4 is 39.2 Å². The summed E-state index contributed by atoms with van der Waals surface area (Å²) in [5, 5.41) is 2.54. The number of rotatable bonds is 5. The zero-order valence-electron chi connectivity index (χ0n) is 17.6. The number of halogens is 2. The van der Waals surface area contributed by atoms with E-state index in [0.29, 0.717) is 29.2 Å². The third-order valence-corrected chi connectivity index (χ3v) is 5.80. The molecule has 2 aromatic carbocycles. The lowest BCUT2D eigenvalue weighted by molar-refractivity contribution is -0.116. The number of carbonyl (C=O) groups is 1. The van der Waals surface area contributed by atoms with Gasteiger partial charge in [-0.15, -0.1) is 0 Å². The summed E-state index contributed by atoms with van der Waals surface area (Å²) < 4.78 is 16.0. The van der Waals surface area contributed by atoms with Gasteiger partial charge in [-0.05, 0) is 37.3 Å².